The highest BCUT2D eigenvalue weighted by atomic mass is 35.5. The van der Waals surface area contributed by atoms with Crippen LogP contribution < -0.4 is 10.1 Å². The van der Waals surface area contributed by atoms with E-state index in [1.54, 1.807) is 18.2 Å². The van der Waals surface area contributed by atoms with E-state index in [9.17, 15) is 9.90 Å². The van der Waals surface area contributed by atoms with Gasteiger partial charge in [-0.15, -0.1) is 22.6 Å². The van der Waals surface area contributed by atoms with Crippen molar-refractivity contribution < 1.29 is 19.0 Å². The second-order valence-corrected chi connectivity index (χ2v) is 8.54. The van der Waals surface area contributed by atoms with Crippen LogP contribution in [0.15, 0.2) is 42.5 Å². The molecular formula is C23H25ClFN5O3. The first-order valence-electron chi connectivity index (χ1n) is 10.8. The molecule has 1 saturated carbocycles. The van der Waals surface area contributed by atoms with Gasteiger partial charge in [0.1, 0.15) is 17.6 Å². The van der Waals surface area contributed by atoms with Crippen LogP contribution in [0.1, 0.15) is 25.7 Å². The molecule has 0 spiro atoms. The number of piperidine rings is 1. The van der Waals surface area contributed by atoms with Gasteiger partial charge >= 0.3 is 5.97 Å². The predicted octanol–water partition coefficient (Wildman–Crippen LogP) is 3.70. The zero-order valence-corrected chi connectivity index (χ0v) is 18.6. The molecule has 3 N–H and O–H groups in total. The molecule has 2 heterocycles. The first-order valence-corrected chi connectivity index (χ1v) is 10.8. The summed E-state index contributed by atoms with van der Waals surface area (Å²) < 4.78 is 21.5. The van der Waals surface area contributed by atoms with Gasteiger partial charge in [0.15, 0.2) is 0 Å². The second-order valence-electron chi connectivity index (χ2n) is 8.54. The number of hydrogen-bond acceptors (Lipinski definition) is 6. The summed E-state index contributed by atoms with van der Waals surface area (Å²) in [6, 6.07) is 12.0. The molecule has 10 heteroatoms. The number of tetrazole rings is 1. The fourth-order valence-electron chi connectivity index (χ4n) is 4.95. The van der Waals surface area contributed by atoms with Crippen molar-refractivity contribution in [3.05, 3.63) is 48.3 Å². The van der Waals surface area contributed by atoms with Crippen molar-refractivity contribution in [3.63, 3.8) is 0 Å². The normalized spacial score (nSPS) is 24.4. The van der Waals surface area contributed by atoms with Crippen LogP contribution in [0.25, 0.3) is 22.5 Å². The lowest BCUT2D eigenvalue weighted by atomic mass is 9.72. The Kier molecular flexibility index (Phi) is 6.90. The second kappa shape index (κ2) is 9.84. The van der Waals surface area contributed by atoms with Crippen molar-refractivity contribution in [1.82, 2.24) is 25.9 Å². The lowest BCUT2D eigenvalue weighted by Gasteiger charge is -2.41. The van der Waals surface area contributed by atoms with E-state index in [0.29, 0.717) is 35.1 Å². The first-order chi connectivity index (χ1) is 15.6. The Labute approximate surface area is 196 Å². The van der Waals surface area contributed by atoms with Crippen LogP contribution in [0, 0.1) is 17.7 Å². The number of aliphatic carboxylic acids is 1. The molecule has 3 aromatic rings. The fraction of sp³-hybridized carbons (Fsp3) is 0.391. The van der Waals surface area contributed by atoms with E-state index in [-0.39, 0.29) is 29.9 Å². The smallest absolute Gasteiger partial charge is 0.320 e. The number of benzene rings is 2. The van der Waals surface area contributed by atoms with Gasteiger partial charge in [-0.3, -0.25) is 4.79 Å². The van der Waals surface area contributed by atoms with Crippen LogP contribution >= 0.6 is 12.4 Å². The third-order valence-corrected chi connectivity index (χ3v) is 6.59. The van der Waals surface area contributed by atoms with Gasteiger partial charge in [-0.25, -0.2) is 4.39 Å². The molecule has 4 unspecified atom stereocenters. The van der Waals surface area contributed by atoms with E-state index < -0.39 is 17.8 Å². The molecule has 0 amide bonds. The molecule has 33 heavy (non-hydrogen) atoms. The molecule has 0 bridgehead atoms. The molecule has 2 aromatic carbocycles. The van der Waals surface area contributed by atoms with Crippen LogP contribution in [0.5, 0.6) is 5.75 Å². The Morgan fingerprint density at radius 1 is 1.09 bits per heavy atom. The summed E-state index contributed by atoms with van der Waals surface area (Å²) in [4.78, 5) is 11.4. The van der Waals surface area contributed by atoms with Gasteiger partial charge in [0.05, 0.1) is 11.7 Å². The highest BCUT2D eigenvalue weighted by Crippen LogP contribution is 2.38. The molecular weight excluding hydrogens is 449 g/mol. The summed E-state index contributed by atoms with van der Waals surface area (Å²) in [5.41, 5.74) is 1.41. The predicted molar refractivity (Wildman–Crippen MR) is 122 cm³/mol. The summed E-state index contributed by atoms with van der Waals surface area (Å²) in [6.45, 7) is 0.750. The summed E-state index contributed by atoms with van der Waals surface area (Å²) >= 11 is 0. The van der Waals surface area contributed by atoms with Crippen LogP contribution in [0.4, 0.5) is 4.39 Å². The summed E-state index contributed by atoms with van der Waals surface area (Å²) in [5.74, 6) is 0.515. The number of ether oxygens (including phenoxy) is 1. The lowest BCUT2D eigenvalue weighted by molar-refractivity contribution is -0.141. The lowest BCUT2D eigenvalue weighted by Crippen LogP contribution is -2.50. The SMILES string of the molecule is Cl.O=C(O)C1CC2CC(Oc3cccc(-c4cccc(-c5nn[nH]n5)c4F)c3)CCC2CN1. The Morgan fingerprint density at radius 2 is 1.91 bits per heavy atom. The molecule has 5 rings (SSSR count). The minimum Gasteiger partial charge on any atom is -0.490 e. The van der Waals surface area contributed by atoms with Crippen molar-refractivity contribution in [2.24, 2.45) is 11.8 Å². The van der Waals surface area contributed by atoms with Gasteiger partial charge in [-0.1, -0.05) is 24.3 Å². The quantitative estimate of drug-likeness (QED) is 0.517. The number of rotatable bonds is 5. The molecule has 0 radical (unpaired) electrons. The van der Waals surface area contributed by atoms with Crippen molar-refractivity contribution in [2.45, 2.75) is 37.8 Å². The fourth-order valence-corrected chi connectivity index (χ4v) is 4.95. The summed E-state index contributed by atoms with van der Waals surface area (Å²) in [5, 5.41) is 26.1. The maximum atomic E-state index is 15.2. The molecule has 1 saturated heterocycles. The van der Waals surface area contributed by atoms with Crippen LogP contribution in [-0.4, -0.2) is 50.4 Å². The average Bonchev–Trinajstić information content (AvgIpc) is 3.33. The molecule has 1 aliphatic heterocycles. The number of aromatic amines is 1. The monoisotopic (exact) mass is 473 g/mol. The van der Waals surface area contributed by atoms with Gasteiger partial charge in [-0.05, 0) is 73.0 Å². The Bertz CT molecular complexity index is 1110. The first kappa shape index (κ1) is 23.1. The van der Waals surface area contributed by atoms with Gasteiger partial charge in [0.25, 0.3) is 0 Å². The Hall–Kier alpha value is -3.04. The molecule has 2 fully saturated rings. The van der Waals surface area contributed by atoms with Crippen molar-refractivity contribution in [3.8, 4) is 28.3 Å². The number of nitrogens with zero attached hydrogens (tertiary/aromatic N) is 3. The number of H-pyrrole nitrogens is 1. The number of fused-ring (bicyclic) bond motifs is 1. The number of hydrogen-bond donors (Lipinski definition) is 3. The third-order valence-electron chi connectivity index (χ3n) is 6.59. The number of aromatic nitrogens is 4. The molecule has 1 aromatic heterocycles. The number of nitrogens with one attached hydrogen (secondary N) is 2. The zero-order chi connectivity index (χ0) is 22.1. The Balaban J connectivity index is 0.00000259. The van der Waals surface area contributed by atoms with E-state index >= 15 is 4.39 Å². The van der Waals surface area contributed by atoms with Gasteiger partial charge in [0, 0.05) is 5.56 Å². The molecule has 2 aliphatic rings. The van der Waals surface area contributed by atoms with Crippen LogP contribution in [0.2, 0.25) is 0 Å². The number of carbonyl (C=O) groups is 1. The average molecular weight is 474 g/mol. The molecule has 8 nitrogen and oxygen atoms in total. The van der Waals surface area contributed by atoms with Gasteiger partial charge in [-0.2, -0.15) is 5.21 Å². The van der Waals surface area contributed by atoms with Gasteiger partial charge in [0.2, 0.25) is 5.82 Å². The minimum absolute atomic E-state index is 0. The number of carboxylic acid groups (broad SMARTS) is 1. The maximum Gasteiger partial charge on any atom is 0.320 e. The van der Waals surface area contributed by atoms with E-state index in [4.69, 9.17) is 4.74 Å². The largest absolute Gasteiger partial charge is 0.490 e. The molecule has 174 valence electrons. The minimum atomic E-state index is -0.788. The zero-order valence-electron chi connectivity index (χ0n) is 17.8. The summed E-state index contributed by atoms with van der Waals surface area (Å²) in [6.07, 6.45) is 3.42. The third kappa shape index (κ3) is 4.84. The van der Waals surface area contributed by atoms with E-state index in [2.05, 4.69) is 25.9 Å². The highest BCUT2D eigenvalue weighted by molar-refractivity contribution is 5.85. The van der Waals surface area contributed by atoms with Crippen molar-refractivity contribution >= 4 is 18.4 Å². The van der Waals surface area contributed by atoms with E-state index in [1.807, 2.05) is 24.3 Å². The molecule has 1 aliphatic carbocycles. The van der Waals surface area contributed by atoms with Crippen LogP contribution in [0.3, 0.4) is 0 Å². The van der Waals surface area contributed by atoms with Crippen LogP contribution in [-0.2, 0) is 4.79 Å². The highest BCUT2D eigenvalue weighted by Gasteiger charge is 2.38. The van der Waals surface area contributed by atoms with Crippen molar-refractivity contribution in [1.29, 1.82) is 0 Å². The van der Waals surface area contributed by atoms with Crippen molar-refractivity contribution in [2.75, 3.05) is 6.54 Å². The topological polar surface area (TPSA) is 113 Å². The molecule has 4 atom stereocenters. The Morgan fingerprint density at radius 3 is 2.70 bits per heavy atom. The number of carboxylic acids is 1. The maximum absolute atomic E-state index is 15.2. The standard InChI is InChI=1S/C23H24FN5O3.ClH/c24-21-18(5-2-6-19(21)22-26-28-29-27-22)13-3-1-4-16(9-13)32-17-8-7-14-12-25-20(23(30)31)11-15(14)10-17;/h1-6,9,14-15,17,20,25H,7-8,10-12H2,(H,30,31)(H,26,27,28,29);1H. The summed E-state index contributed by atoms with van der Waals surface area (Å²) in [7, 11) is 0. The van der Waals surface area contributed by atoms with E-state index in [0.717, 1.165) is 25.8 Å². The van der Waals surface area contributed by atoms with Gasteiger partial charge < -0.3 is 15.2 Å². The number of halogens is 2. The van der Waals surface area contributed by atoms with E-state index in [1.165, 1.54) is 0 Å².